The molecular weight excluding hydrogens is 526 g/mol. The van der Waals surface area contributed by atoms with E-state index in [0.29, 0.717) is 33.8 Å². The van der Waals surface area contributed by atoms with Crippen LogP contribution < -0.4 is 10.1 Å². The van der Waals surface area contributed by atoms with Gasteiger partial charge >= 0.3 is 0 Å². The number of nitrogens with zero attached hydrogens (tertiary/aromatic N) is 2. The van der Waals surface area contributed by atoms with Gasteiger partial charge in [-0.2, -0.15) is 13.5 Å². The molecule has 2 aromatic rings. The minimum atomic E-state index is -4.18. The first-order valence-electron chi connectivity index (χ1n) is 9.77. The fraction of sp³-hybridized carbons (Fsp3) is 0.368. The Balaban J connectivity index is 2.27. The maximum absolute atomic E-state index is 12.7. The van der Waals surface area contributed by atoms with E-state index in [2.05, 4.69) is 24.9 Å². The van der Waals surface area contributed by atoms with Crippen molar-refractivity contribution in [3.05, 3.63) is 41.0 Å². The number of rotatable bonds is 13. The molecule has 0 aliphatic heterocycles. The molecule has 194 valence electrons. The predicted octanol–water partition coefficient (Wildman–Crippen LogP) is 4.07. The molecule has 0 atom stereocenters. The second-order valence-corrected chi connectivity index (χ2v) is 11.2. The molecule has 0 saturated heterocycles. The zero-order valence-electron chi connectivity index (χ0n) is 19.2. The zero-order valence-corrected chi connectivity index (χ0v) is 21.7. The molecule has 0 amide bonds. The molecule has 3 N–H and O–H groups in total. The topological polar surface area (TPSA) is 182 Å². The maximum atomic E-state index is 12.7. The Morgan fingerprint density at radius 3 is 2.26 bits per heavy atom. The van der Waals surface area contributed by atoms with Crippen molar-refractivity contribution in [1.29, 1.82) is 0 Å². The van der Waals surface area contributed by atoms with Crippen LogP contribution in [0, 0.1) is 20.8 Å². The molecule has 16 heteroatoms. The van der Waals surface area contributed by atoms with E-state index in [-0.39, 0.29) is 35.3 Å². The summed E-state index contributed by atoms with van der Waals surface area (Å²) in [5.41, 5.74) is 3.09. The molecule has 2 aromatic carbocycles. The summed E-state index contributed by atoms with van der Waals surface area (Å²) < 4.78 is 70.4. The first-order chi connectivity index (χ1) is 16.4. The fourth-order valence-electron chi connectivity index (χ4n) is 2.93. The first kappa shape index (κ1) is 28.9. The molecule has 0 spiro atoms. The number of benzene rings is 2. The third-order valence-electron chi connectivity index (χ3n) is 4.61. The SMILES string of the molecule is COc1cc(S(=O)(=O)CCOSOOO)c(C)cc1/N=N/c1cc(C)c(NCS(=O)(=O)O)cc1C. The van der Waals surface area contributed by atoms with Crippen LogP contribution in [0.25, 0.3) is 0 Å². The normalized spacial score (nSPS) is 12.3. The summed E-state index contributed by atoms with van der Waals surface area (Å²) in [7, 11) is -6.55. The zero-order chi connectivity index (χ0) is 26.2. The number of azo groups is 1. The van der Waals surface area contributed by atoms with Gasteiger partial charge in [-0.15, -0.1) is 9.45 Å². The van der Waals surface area contributed by atoms with Gasteiger partial charge in [0.1, 0.15) is 17.3 Å². The van der Waals surface area contributed by atoms with Gasteiger partial charge < -0.3 is 10.1 Å². The molecule has 0 radical (unpaired) electrons. The van der Waals surface area contributed by atoms with Crippen LogP contribution in [-0.4, -0.2) is 52.0 Å². The highest BCUT2D eigenvalue weighted by Crippen LogP contribution is 2.35. The minimum Gasteiger partial charge on any atom is -0.494 e. The fourth-order valence-corrected chi connectivity index (χ4v) is 4.94. The van der Waals surface area contributed by atoms with Gasteiger partial charge in [0, 0.05) is 11.8 Å². The van der Waals surface area contributed by atoms with E-state index in [0.717, 1.165) is 0 Å². The molecule has 0 aromatic heterocycles. The quantitative estimate of drug-likeness (QED) is 0.0811. The number of anilines is 1. The number of ether oxygens (including phenoxy) is 1. The van der Waals surface area contributed by atoms with Crippen molar-refractivity contribution in [2.24, 2.45) is 10.2 Å². The summed E-state index contributed by atoms with van der Waals surface area (Å²) in [4.78, 5) is 0.0301. The molecule has 13 nitrogen and oxygen atoms in total. The Morgan fingerprint density at radius 2 is 1.63 bits per heavy atom. The van der Waals surface area contributed by atoms with Crippen LogP contribution in [-0.2, 0) is 33.5 Å². The van der Waals surface area contributed by atoms with Gasteiger partial charge in [-0.05, 0) is 55.7 Å². The van der Waals surface area contributed by atoms with Crippen LogP contribution in [0.15, 0.2) is 39.4 Å². The lowest BCUT2D eigenvalue weighted by Gasteiger charge is -2.12. The molecule has 0 unspecified atom stereocenters. The standard InChI is InChI=1S/C19H25N3O10S3/c1-12-8-16(13(2)7-15(12)20-11-35(26,27)28)21-22-17-9-14(3)19(10-18(17)29-4)34(24,25)6-5-30-33-32-31-23/h7-10,20,23H,5-6,11H2,1-4H3,(H,26,27,28)/b22-21+. The molecule has 0 bridgehead atoms. The van der Waals surface area contributed by atoms with Crippen molar-refractivity contribution < 1.29 is 44.9 Å². The highest BCUT2D eigenvalue weighted by Gasteiger charge is 2.20. The van der Waals surface area contributed by atoms with Crippen molar-refractivity contribution >= 4 is 49.3 Å². The highest BCUT2D eigenvalue weighted by atomic mass is 32.2. The first-order valence-corrected chi connectivity index (χ1v) is 13.7. The molecule has 0 aliphatic carbocycles. The summed E-state index contributed by atoms with van der Waals surface area (Å²) in [5.74, 6) is -0.808. The van der Waals surface area contributed by atoms with E-state index in [1.807, 2.05) is 0 Å². The van der Waals surface area contributed by atoms with Crippen molar-refractivity contribution in [1.82, 2.24) is 0 Å². The lowest BCUT2D eigenvalue weighted by Crippen LogP contribution is -2.13. The molecule has 0 heterocycles. The van der Waals surface area contributed by atoms with Gasteiger partial charge in [0.15, 0.2) is 22.2 Å². The van der Waals surface area contributed by atoms with Crippen molar-refractivity contribution in [3.8, 4) is 5.75 Å². The van der Waals surface area contributed by atoms with E-state index in [1.54, 1.807) is 32.9 Å². The van der Waals surface area contributed by atoms with Crippen LogP contribution in [0.2, 0.25) is 0 Å². The molecule has 0 saturated carbocycles. The van der Waals surface area contributed by atoms with Crippen LogP contribution in [0.1, 0.15) is 16.7 Å². The number of nitrogens with one attached hydrogen (secondary N) is 1. The highest BCUT2D eigenvalue weighted by molar-refractivity contribution is 7.91. The molecular formula is C19H25N3O10S3. The Bertz CT molecular complexity index is 1280. The number of aryl methyl sites for hydroxylation is 3. The second kappa shape index (κ2) is 12.6. The van der Waals surface area contributed by atoms with Crippen molar-refractivity contribution in [2.45, 2.75) is 25.7 Å². The van der Waals surface area contributed by atoms with E-state index >= 15 is 0 Å². The van der Waals surface area contributed by atoms with E-state index < -0.39 is 25.8 Å². The molecule has 2 rings (SSSR count). The average molecular weight is 552 g/mol. The largest absolute Gasteiger partial charge is 0.494 e. The third-order valence-corrected chi connectivity index (χ3v) is 7.31. The summed E-state index contributed by atoms with van der Waals surface area (Å²) in [6, 6.07) is 6.23. The summed E-state index contributed by atoms with van der Waals surface area (Å²) >= 11 is 0.284. The van der Waals surface area contributed by atoms with Gasteiger partial charge in [0.05, 0.1) is 30.1 Å². The number of methoxy groups -OCH3 is 1. The minimum absolute atomic E-state index is 0.0301. The van der Waals surface area contributed by atoms with Crippen LogP contribution >= 0.6 is 12.3 Å². The van der Waals surface area contributed by atoms with Crippen LogP contribution in [0.3, 0.4) is 0 Å². The number of hydrogen-bond acceptors (Lipinski definition) is 13. The number of hydrogen-bond donors (Lipinski definition) is 3. The Labute approximate surface area is 207 Å². The lowest BCUT2D eigenvalue weighted by molar-refractivity contribution is -0.434. The van der Waals surface area contributed by atoms with Crippen LogP contribution in [0.5, 0.6) is 5.75 Å². The molecule has 0 aliphatic rings. The molecule has 0 fully saturated rings. The van der Waals surface area contributed by atoms with Gasteiger partial charge in [-0.1, -0.05) is 5.04 Å². The van der Waals surface area contributed by atoms with Gasteiger partial charge in [0.2, 0.25) is 0 Å². The van der Waals surface area contributed by atoms with Gasteiger partial charge in [0.25, 0.3) is 10.1 Å². The smallest absolute Gasteiger partial charge is 0.283 e. The van der Waals surface area contributed by atoms with Gasteiger partial charge in [-0.25, -0.2) is 13.7 Å². The summed E-state index contributed by atoms with van der Waals surface area (Å²) in [6.07, 6.45) is 0. The van der Waals surface area contributed by atoms with E-state index in [1.165, 1.54) is 19.2 Å². The summed E-state index contributed by atoms with van der Waals surface area (Å²) in [6.45, 7) is 4.87. The van der Waals surface area contributed by atoms with Gasteiger partial charge in [-0.3, -0.25) is 8.74 Å². The maximum Gasteiger partial charge on any atom is 0.283 e. The Kier molecular flexibility index (Phi) is 10.4. The second-order valence-electron chi connectivity index (χ2n) is 7.20. The molecule has 35 heavy (non-hydrogen) atoms. The monoisotopic (exact) mass is 551 g/mol. The predicted molar refractivity (Wildman–Crippen MR) is 128 cm³/mol. The number of sulfone groups is 1. The Hall–Kier alpha value is -2.31. The van der Waals surface area contributed by atoms with Crippen molar-refractivity contribution in [3.63, 3.8) is 0 Å². The third kappa shape index (κ3) is 8.69. The van der Waals surface area contributed by atoms with Crippen LogP contribution in [0.4, 0.5) is 17.1 Å². The lowest BCUT2D eigenvalue weighted by atomic mass is 10.1. The Morgan fingerprint density at radius 1 is 0.971 bits per heavy atom. The van der Waals surface area contributed by atoms with Crippen molar-refractivity contribution in [2.75, 3.05) is 30.7 Å². The van der Waals surface area contributed by atoms with E-state index in [9.17, 15) is 16.8 Å². The average Bonchev–Trinajstić information content (AvgIpc) is 2.77. The van der Waals surface area contributed by atoms with E-state index in [4.69, 9.17) is 18.7 Å². The summed E-state index contributed by atoms with van der Waals surface area (Å²) in [5, 5.41) is 22.5.